The molecule has 0 atom stereocenters. The van der Waals surface area contributed by atoms with Gasteiger partial charge in [0.15, 0.2) is 0 Å². The van der Waals surface area contributed by atoms with Gasteiger partial charge in [0.2, 0.25) is 0 Å². The molecule has 1 N–H and O–H groups in total. The number of nitrogens with zero attached hydrogens (tertiary/aromatic N) is 1. The third kappa shape index (κ3) is 2.39. The molecule has 1 aromatic rings. The molecular weight excluding hydrogens is 218 g/mol. The van der Waals surface area contributed by atoms with Crippen LogP contribution in [0.1, 0.15) is 22.8 Å². The van der Waals surface area contributed by atoms with E-state index in [0.717, 1.165) is 0 Å². The molecule has 0 heterocycles. The van der Waals surface area contributed by atoms with E-state index in [2.05, 4.69) is 0 Å². The summed E-state index contributed by atoms with van der Waals surface area (Å²) in [6.45, 7) is 1.83. The molecule has 0 radical (unpaired) electrons. The lowest BCUT2D eigenvalue weighted by molar-refractivity contribution is 0.0523. The predicted molar refractivity (Wildman–Crippen MR) is 53.8 cm³/mol. The molecule has 1 rings (SSSR count). The number of benzene rings is 1. The Morgan fingerprint density at radius 2 is 2.33 bits per heavy atom. The fourth-order valence-electron chi connectivity index (χ4n) is 1.03. The van der Waals surface area contributed by atoms with Crippen molar-refractivity contribution >= 4 is 17.6 Å². The number of hydrogen-bond donors (Lipinski definition) is 1. The highest BCUT2D eigenvalue weighted by Crippen LogP contribution is 2.29. The Bertz CT molecular complexity index is 437. The maximum Gasteiger partial charge on any atom is 0.342 e. The molecule has 4 nitrogen and oxygen atoms in total. The Morgan fingerprint density at radius 1 is 1.67 bits per heavy atom. The van der Waals surface area contributed by atoms with Gasteiger partial charge in [-0.1, -0.05) is 11.6 Å². The van der Waals surface area contributed by atoms with Crippen molar-refractivity contribution in [3.8, 4) is 11.8 Å². The summed E-state index contributed by atoms with van der Waals surface area (Å²) in [6.07, 6.45) is 0. The molecule has 0 bridgehead atoms. The first-order chi connectivity index (χ1) is 7.10. The van der Waals surface area contributed by atoms with Gasteiger partial charge in [0, 0.05) is 0 Å². The number of carbonyl (C=O) groups excluding carboxylic acids is 1. The maximum atomic E-state index is 11.3. The lowest BCUT2D eigenvalue weighted by Crippen LogP contribution is -2.05. The predicted octanol–water partition coefficient (Wildman–Crippen LogP) is 2.09. The highest BCUT2D eigenvalue weighted by molar-refractivity contribution is 6.32. The van der Waals surface area contributed by atoms with Crippen LogP contribution in [0, 0.1) is 11.3 Å². The molecule has 0 saturated carbocycles. The van der Waals surface area contributed by atoms with Crippen LogP contribution in [0.3, 0.4) is 0 Å². The monoisotopic (exact) mass is 225 g/mol. The first-order valence-corrected chi connectivity index (χ1v) is 4.57. The fourth-order valence-corrected chi connectivity index (χ4v) is 1.25. The summed E-state index contributed by atoms with van der Waals surface area (Å²) >= 11 is 5.63. The molecule has 1 aromatic carbocycles. The summed E-state index contributed by atoms with van der Waals surface area (Å²) in [6, 6.07) is 4.34. The average Bonchev–Trinajstić information content (AvgIpc) is 2.22. The number of halogens is 1. The number of phenolic OH excluding ortho intramolecular Hbond substituents is 1. The molecular formula is C10H8ClNO3. The number of phenols is 1. The van der Waals surface area contributed by atoms with Crippen molar-refractivity contribution in [3.05, 3.63) is 28.3 Å². The molecule has 0 saturated heterocycles. The number of ether oxygens (including phenoxy) is 1. The van der Waals surface area contributed by atoms with Crippen molar-refractivity contribution in [2.45, 2.75) is 6.92 Å². The lowest BCUT2D eigenvalue weighted by Gasteiger charge is -2.05. The summed E-state index contributed by atoms with van der Waals surface area (Å²) in [4.78, 5) is 11.3. The third-order valence-electron chi connectivity index (χ3n) is 1.69. The highest BCUT2D eigenvalue weighted by atomic mass is 35.5. The second-order valence-corrected chi connectivity index (χ2v) is 3.09. The first kappa shape index (κ1) is 11.3. The third-order valence-corrected chi connectivity index (χ3v) is 1.98. The van der Waals surface area contributed by atoms with E-state index < -0.39 is 5.97 Å². The van der Waals surface area contributed by atoms with Crippen LogP contribution in [-0.4, -0.2) is 17.7 Å². The van der Waals surface area contributed by atoms with Gasteiger partial charge in [0.25, 0.3) is 0 Å². The van der Waals surface area contributed by atoms with Gasteiger partial charge >= 0.3 is 5.97 Å². The Labute approximate surface area is 91.7 Å². The number of hydrogen-bond acceptors (Lipinski definition) is 4. The van der Waals surface area contributed by atoms with E-state index in [0.29, 0.717) is 0 Å². The highest BCUT2D eigenvalue weighted by Gasteiger charge is 2.16. The van der Waals surface area contributed by atoms with Crippen LogP contribution < -0.4 is 0 Å². The molecule has 15 heavy (non-hydrogen) atoms. The molecule has 0 fully saturated rings. The van der Waals surface area contributed by atoms with Crippen molar-refractivity contribution < 1.29 is 14.6 Å². The van der Waals surface area contributed by atoms with Gasteiger partial charge in [0.05, 0.1) is 23.3 Å². The van der Waals surface area contributed by atoms with Crippen LogP contribution in [0.15, 0.2) is 12.1 Å². The number of rotatable bonds is 2. The molecule has 0 amide bonds. The Morgan fingerprint density at radius 3 is 2.87 bits per heavy atom. The molecule has 0 unspecified atom stereocenters. The Balaban J connectivity index is 3.23. The van der Waals surface area contributed by atoms with Gasteiger partial charge in [-0.05, 0) is 19.1 Å². The van der Waals surface area contributed by atoms with Crippen LogP contribution in [0.25, 0.3) is 0 Å². The minimum absolute atomic E-state index is 0.0443. The van der Waals surface area contributed by atoms with Gasteiger partial charge in [-0.25, -0.2) is 4.79 Å². The zero-order chi connectivity index (χ0) is 11.4. The largest absolute Gasteiger partial charge is 0.505 e. The standard InChI is InChI=1S/C10H8ClNO3/c1-2-15-10(14)7-3-6(5-12)4-8(11)9(7)13/h3-4,13H,2H2,1H3. The minimum Gasteiger partial charge on any atom is -0.505 e. The van der Waals surface area contributed by atoms with Crippen LogP contribution in [0.4, 0.5) is 0 Å². The van der Waals surface area contributed by atoms with E-state index in [1.807, 2.05) is 6.07 Å². The number of carbonyl (C=O) groups is 1. The van der Waals surface area contributed by atoms with Crippen LogP contribution in [0.5, 0.6) is 5.75 Å². The minimum atomic E-state index is -0.700. The molecule has 0 aliphatic carbocycles. The van der Waals surface area contributed by atoms with E-state index in [1.165, 1.54) is 12.1 Å². The normalized spacial score (nSPS) is 9.40. The summed E-state index contributed by atoms with van der Waals surface area (Å²) in [7, 11) is 0. The number of esters is 1. The van der Waals surface area contributed by atoms with Crippen molar-refractivity contribution in [2.75, 3.05) is 6.61 Å². The summed E-state index contributed by atoms with van der Waals surface area (Å²) in [5.74, 6) is -1.07. The van der Waals surface area contributed by atoms with E-state index in [-0.39, 0.29) is 28.5 Å². The van der Waals surface area contributed by atoms with Crippen molar-refractivity contribution in [2.24, 2.45) is 0 Å². The second kappa shape index (κ2) is 4.67. The van der Waals surface area contributed by atoms with Gasteiger partial charge in [-0.2, -0.15) is 5.26 Å². The molecule has 0 spiro atoms. The topological polar surface area (TPSA) is 70.3 Å². The molecule has 0 aliphatic heterocycles. The van der Waals surface area contributed by atoms with E-state index >= 15 is 0 Å². The molecule has 78 valence electrons. The number of nitriles is 1. The van der Waals surface area contributed by atoms with Crippen molar-refractivity contribution in [3.63, 3.8) is 0 Å². The van der Waals surface area contributed by atoms with Gasteiger partial charge in [-0.3, -0.25) is 0 Å². The van der Waals surface area contributed by atoms with E-state index in [4.69, 9.17) is 21.6 Å². The summed E-state index contributed by atoms with van der Waals surface area (Å²) < 4.78 is 4.70. The van der Waals surface area contributed by atoms with E-state index in [9.17, 15) is 9.90 Å². The van der Waals surface area contributed by atoms with Gasteiger partial charge < -0.3 is 9.84 Å². The van der Waals surface area contributed by atoms with Gasteiger partial charge in [-0.15, -0.1) is 0 Å². The van der Waals surface area contributed by atoms with Crippen molar-refractivity contribution in [1.29, 1.82) is 5.26 Å². The molecule has 5 heteroatoms. The Hall–Kier alpha value is -1.73. The quantitative estimate of drug-likeness (QED) is 0.783. The molecule has 0 aromatic heterocycles. The second-order valence-electron chi connectivity index (χ2n) is 2.69. The first-order valence-electron chi connectivity index (χ1n) is 4.19. The van der Waals surface area contributed by atoms with Crippen LogP contribution >= 0.6 is 11.6 Å². The Kier molecular flexibility index (Phi) is 3.53. The molecule has 0 aliphatic rings. The van der Waals surface area contributed by atoms with Crippen LogP contribution in [-0.2, 0) is 4.74 Å². The summed E-state index contributed by atoms with van der Waals surface area (Å²) in [5, 5.41) is 18.1. The lowest BCUT2D eigenvalue weighted by atomic mass is 10.1. The zero-order valence-corrected chi connectivity index (χ0v) is 8.71. The SMILES string of the molecule is CCOC(=O)c1cc(C#N)cc(Cl)c1O. The van der Waals surface area contributed by atoms with Gasteiger partial charge in [0.1, 0.15) is 11.3 Å². The fraction of sp³-hybridized carbons (Fsp3) is 0.200. The number of aromatic hydroxyl groups is 1. The summed E-state index contributed by atoms with van der Waals surface area (Å²) in [5.41, 5.74) is 0.0988. The smallest absolute Gasteiger partial charge is 0.342 e. The zero-order valence-electron chi connectivity index (χ0n) is 7.95. The van der Waals surface area contributed by atoms with E-state index in [1.54, 1.807) is 6.92 Å². The van der Waals surface area contributed by atoms with Crippen LogP contribution in [0.2, 0.25) is 5.02 Å². The maximum absolute atomic E-state index is 11.3. The van der Waals surface area contributed by atoms with Crippen molar-refractivity contribution in [1.82, 2.24) is 0 Å². The average molecular weight is 226 g/mol.